The van der Waals surface area contributed by atoms with E-state index < -0.39 is 12.0 Å². The number of benzene rings is 1. The zero-order valence-corrected chi connectivity index (χ0v) is 11.1. The van der Waals surface area contributed by atoms with Gasteiger partial charge in [-0.15, -0.1) is 0 Å². The zero-order valence-electron chi connectivity index (χ0n) is 11.1. The number of rotatable bonds is 6. The van der Waals surface area contributed by atoms with Crippen molar-refractivity contribution in [2.45, 2.75) is 19.4 Å². The SMILES string of the molecule is O=C(O)CCc1ccc(NC(=O)NCc2ncon2)cc1. The standard InChI is InChI=1S/C13H14N4O4/c18-12(19)6-3-9-1-4-10(5-2-9)16-13(20)14-7-11-15-8-21-17-11/h1-2,4-5,8H,3,6-7H2,(H,18,19)(H2,14,16,20). The largest absolute Gasteiger partial charge is 0.481 e. The number of aromatic nitrogens is 2. The summed E-state index contributed by atoms with van der Waals surface area (Å²) in [5, 5.41) is 17.4. The fourth-order valence-electron chi connectivity index (χ4n) is 1.61. The number of nitrogens with zero attached hydrogens (tertiary/aromatic N) is 2. The number of carboxylic acid groups (broad SMARTS) is 1. The zero-order chi connectivity index (χ0) is 15.1. The molecular weight excluding hydrogens is 276 g/mol. The summed E-state index contributed by atoms with van der Waals surface area (Å²) in [5.74, 6) is -0.452. The second-order valence-corrected chi connectivity index (χ2v) is 4.25. The number of anilines is 1. The maximum Gasteiger partial charge on any atom is 0.319 e. The second kappa shape index (κ2) is 7.04. The van der Waals surface area contributed by atoms with Gasteiger partial charge in [0.05, 0.1) is 6.54 Å². The first-order valence-corrected chi connectivity index (χ1v) is 6.24. The third-order valence-corrected chi connectivity index (χ3v) is 2.65. The van der Waals surface area contributed by atoms with E-state index in [-0.39, 0.29) is 13.0 Å². The van der Waals surface area contributed by atoms with Crippen molar-refractivity contribution in [1.29, 1.82) is 0 Å². The first-order chi connectivity index (χ1) is 10.1. The number of aryl methyl sites for hydroxylation is 1. The Kier molecular flexibility index (Phi) is 4.86. The van der Waals surface area contributed by atoms with E-state index in [9.17, 15) is 9.59 Å². The van der Waals surface area contributed by atoms with E-state index in [4.69, 9.17) is 5.11 Å². The van der Waals surface area contributed by atoms with Crippen LogP contribution >= 0.6 is 0 Å². The number of urea groups is 1. The molecule has 3 N–H and O–H groups in total. The lowest BCUT2D eigenvalue weighted by Crippen LogP contribution is -2.28. The van der Waals surface area contributed by atoms with E-state index in [1.165, 1.54) is 6.39 Å². The molecule has 110 valence electrons. The second-order valence-electron chi connectivity index (χ2n) is 4.25. The molecule has 2 rings (SSSR count). The van der Waals surface area contributed by atoms with Crippen LogP contribution in [-0.4, -0.2) is 27.2 Å². The van der Waals surface area contributed by atoms with Gasteiger partial charge in [-0.25, -0.2) is 4.79 Å². The number of carboxylic acids is 1. The summed E-state index contributed by atoms with van der Waals surface area (Å²) in [7, 11) is 0. The van der Waals surface area contributed by atoms with Crippen LogP contribution in [0.1, 0.15) is 17.8 Å². The van der Waals surface area contributed by atoms with Crippen LogP contribution in [0.3, 0.4) is 0 Å². The third kappa shape index (κ3) is 4.94. The Labute approximate surface area is 120 Å². The average molecular weight is 290 g/mol. The lowest BCUT2D eigenvalue weighted by Gasteiger charge is -2.07. The van der Waals surface area contributed by atoms with Crippen molar-refractivity contribution >= 4 is 17.7 Å². The lowest BCUT2D eigenvalue weighted by molar-refractivity contribution is -0.136. The highest BCUT2D eigenvalue weighted by atomic mass is 16.5. The molecule has 0 unspecified atom stereocenters. The van der Waals surface area contributed by atoms with Crippen molar-refractivity contribution in [3.63, 3.8) is 0 Å². The molecule has 0 aliphatic heterocycles. The van der Waals surface area contributed by atoms with Gasteiger partial charge < -0.3 is 20.3 Å². The lowest BCUT2D eigenvalue weighted by atomic mass is 10.1. The summed E-state index contributed by atoms with van der Waals surface area (Å²) >= 11 is 0. The van der Waals surface area contributed by atoms with Gasteiger partial charge in [-0.1, -0.05) is 17.3 Å². The van der Waals surface area contributed by atoms with E-state index in [2.05, 4.69) is 25.3 Å². The van der Waals surface area contributed by atoms with Gasteiger partial charge in [0.15, 0.2) is 5.82 Å². The quantitative estimate of drug-likeness (QED) is 0.740. The molecule has 0 atom stereocenters. The number of nitrogens with one attached hydrogen (secondary N) is 2. The minimum Gasteiger partial charge on any atom is -0.481 e. The molecule has 21 heavy (non-hydrogen) atoms. The Bertz CT molecular complexity index is 595. The average Bonchev–Trinajstić information content (AvgIpc) is 2.98. The topological polar surface area (TPSA) is 117 Å². The Morgan fingerprint density at radius 2 is 2.00 bits per heavy atom. The van der Waals surface area contributed by atoms with Gasteiger partial charge in [0, 0.05) is 12.1 Å². The van der Waals surface area contributed by atoms with E-state index >= 15 is 0 Å². The number of hydrogen-bond donors (Lipinski definition) is 3. The molecule has 1 aromatic heterocycles. The predicted molar refractivity (Wildman–Crippen MR) is 72.6 cm³/mol. The minimum atomic E-state index is -0.835. The van der Waals surface area contributed by atoms with Crippen LogP contribution < -0.4 is 10.6 Å². The summed E-state index contributed by atoms with van der Waals surface area (Å²) in [6.45, 7) is 0.166. The molecule has 0 fully saturated rings. The molecule has 2 amide bonds. The summed E-state index contributed by atoms with van der Waals surface area (Å²) in [4.78, 5) is 25.9. The molecule has 1 aromatic carbocycles. The predicted octanol–water partition coefficient (Wildman–Crippen LogP) is 1.41. The Morgan fingerprint density at radius 3 is 2.62 bits per heavy atom. The van der Waals surface area contributed by atoms with Gasteiger partial charge in [-0.2, -0.15) is 4.98 Å². The maximum atomic E-state index is 11.6. The van der Waals surface area contributed by atoms with Gasteiger partial charge in [-0.3, -0.25) is 4.79 Å². The first-order valence-electron chi connectivity index (χ1n) is 6.24. The number of carbonyl (C=O) groups excluding carboxylic acids is 1. The van der Waals surface area contributed by atoms with Crippen molar-refractivity contribution in [3.8, 4) is 0 Å². The highest BCUT2D eigenvalue weighted by Crippen LogP contribution is 2.11. The molecular formula is C13H14N4O4. The fourth-order valence-corrected chi connectivity index (χ4v) is 1.61. The minimum absolute atomic E-state index is 0.0813. The van der Waals surface area contributed by atoms with Crippen molar-refractivity contribution in [3.05, 3.63) is 42.0 Å². The third-order valence-electron chi connectivity index (χ3n) is 2.65. The molecule has 8 nitrogen and oxygen atoms in total. The first kappa shape index (κ1) is 14.5. The molecule has 2 aromatic rings. The number of aliphatic carboxylic acids is 1. The highest BCUT2D eigenvalue weighted by molar-refractivity contribution is 5.89. The van der Waals surface area contributed by atoms with Crippen LogP contribution in [-0.2, 0) is 17.8 Å². The van der Waals surface area contributed by atoms with Crippen LogP contribution in [0.5, 0.6) is 0 Å². The van der Waals surface area contributed by atoms with Gasteiger partial charge in [0.25, 0.3) is 0 Å². The Morgan fingerprint density at radius 1 is 1.24 bits per heavy atom. The van der Waals surface area contributed by atoms with Gasteiger partial charge >= 0.3 is 12.0 Å². The smallest absolute Gasteiger partial charge is 0.319 e. The monoisotopic (exact) mass is 290 g/mol. The molecule has 0 spiro atoms. The van der Waals surface area contributed by atoms with Crippen LogP contribution in [0.4, 0.5) is 10.5 Å². The molecule has 1 heterocycles. The van der Waals surface area contributed by atoms with Crippen LogP contribution in [0.15, 0.2) is 35.2 Å². The molecule has 0 aliphatic carbocycles. The van der Waals surface area contributed by atoms with E-state index in [1.807, 2.05) is 0 Å². The molecule has 0 radical (unpaired) electrons. The van der Waals surface area contributed by atoms with E-state index in [1.54, 1.807) is 24.3 Å². The summed E-state index contributed by atoms with van der Waals surface area (Å²) < 4.78 is 4.54. The molecule has 8 heteroatoms. The molecule has 0 aliphatic rings. The van der Waals surface area contributed by atoms with E-state index in [0.717, 1.165) is 5.56 Å². The summed E-state index contributed by atoms with van der Waals surface area (Å²) in [6.07, 6.45) is 1.72. The van der Waals surface area contributed by atoms with Crippen molar-refractivity contribution in [1.82, 2.24) is 15.5 Å². The van der Waals surface area contributed by atoms with Gasteiger partial charge in [-0.05, 0) is 24.1 Å². The number of hydrogen-bond acceptors (Lipinski definition) is 5. The van der Waals surface area contributed by atoms with Gasteiger partial charge in [0.1, 0.15) is 0 Å². The van der Waals surface area contributed by atoms with Crippen molar-refractivity contribution < 1.29 is 19.2 Å². The van der Waals surface area contributed by atoms with Crippen molar-refractivity contribution in [2.75, 3.05) is 5.32 Å². The molecule has 0 bridgehead atoms. The van der Waals surface area contributed by atoms with Gasteiger partial charge in [0.2, 0.25) is 6.39 Å². The normalized spacial score (nSPS) is 10.1. The Balaban J connectivity index is 1.79. The summed E-state index contributed by atoms with van der Waals surface area (Å²) in [6, 6.07) is 6.59. The van der Waals surface area contributed by atoms with Crippen molar-refractivity contribution in [2.24, 2.45) is 0 Å². The maximum absolute atomic E-state index is 11.6. The number of carbonyl (C=O) groups is 2. The van der Waals surface area contributed by atoms with Crippen LogP contribution in [0.25, 0.3) is 0 Å². The van der Waals surface area contributed by atoms with Crippen LogP contribution in [0.2, 0.25) is 0 Å². The summed E-state index contributed by atoms with van der Waals surface area (Å²) in [5.41, 5.74) is 1.51. The molecule has 0 saturated carbocycles. The number of amides is 2. The van der Waals surface area contributed by atoms with E-state index in [0.29, 0.717) is 17.9 Å². The Hall–Kier alpha value is -2.90. The fraction of sp³-hybridized carbons (Fsp3) is 0.231. The highest BCUT2D eigenvalue weighted by Gasteiger charge is 2.04. The van der Waals surface area contributed by atoms with Crippen LogP contribution in [0, 0.1) is 0 Å². The molecule has 0 saturated heterocycles.